The van der Waals surface area contributed by atoms with Gasteiger partial charge in [0.05, 0.1) is 0 Å². The Morgan fingerprint density at radius 1 is 1.27 bits per heavy atom. The molecule has 0 fully saturated rings. The smallest absolute Gasteiger partial charge is 0.224 e. The van der Waals surface area contributed by atoms with Gasteiger partial charge in [-0.05, 0) is 18.3 Å². The van der Waals surface area contributed by atoms with Crippen LogP contribution in [0.5, 0.6) is 0 Å². The summed E-state index contributed by atoms with van der Waals surface area (Å²) < 4.78 is 1.16. The quantitative estimate of drug-likeness (QED) is 0.789. The summed E-state index contributed by atoms with van der Waals surface area (Å²) >= 11 is 8.32. The summed E-state index contributed by atoms with van der Waals surface area (Å²) in [6, 6.07) is 7.67. The van der Waals surface area contributed by atoms with Crippen LogP contribution in [0, 0.1) is 4.77 Å². The average Bonchev–Trinajstić information content (AvgIpc) is 2.16. The van der Waals surface area contributed by atoms with Gasteiger partial charge in [0.15, 0.2) is 0 Å². The van der Waals surface area contributed by atoms with E-state index in [0.717, 1.165) is 10.0 Å². The number of nitrogens with zero attached hydrogens (tertiary/aromatic N) is 2. The van der Waals surface area contributed by atoms with Crippen LogP contribution in [0.15, 0.2) is 28.7 Å². The zero-order valence-corrected chi connectivity index (χ0v) is 9.97. The molecule has 3 N–H and O–H groups in total. The molecule has 6 heteroatoms. The number of benzene rings is 1. The minimum atomic E-state index is 0.233. The van der Waals surface area contributed by atoms with E-state index in [0.29, 0.717) is 5.82 Å². The van der Waals surface area contributed by atoms with Gasteiger partial charge in [-0.3, -0.25) is 0 Å². The van der Waals surface area contributed by atoms with Crippen molar-refractivity contribution in [3.63, 3.8) is 0 Å². The number of nitrogen functional groups attached to an aromatic ring is 1. The lowest BCUT2D eigenvalue weighted by molar-refractivity contribution is 1.05. The van der Waals surface area contributed by atoms with Crippen LogP contribution in [0.4, 0.5) is 5.95 Å². The molecule has 0 bridgehead atoms. The van der Waals surface area contributed by atoms with Gasteiger partial charge in [-0.25, -0.2) is 4.98 Å². The van der Waals surface area contributed by atoms with E-state index < -0.39 is 0 Å². The van der Waals surface area contributed by atoms with Gasteiger partial charge in [0.1, 0.15) is 5.82 Å². The van der Waals surface area contributed by atoms with E-state index >= 15 is 0 Å². The first-order valence-electron chi connectivity index (χ1n) is 4.15. The monoisotopic (exact) mass is 282 g/mol. The van der Waals surface area contributed by atoms with Crippen LogP contribution in [-0.2, 0) is 0 Å². The fourth-order valence-electron chi connectivity index (χ4n) is 1.18. The number of nitrogens with one attached hydrogen (secondary N) is 1. The number of H-pyrrole nitrogens is 1. The maximum absolute atomic E-state index is 5.56. The standard InChI is InChI=1S/C9H7BrN4S/c10-6-4-2-1-3-5(6)7-12-8(11)14-9(15)13-7/h1-4H,(H3,11,12,13,14,15). The van der Waals surface area contributed by atoms with E-state index in [9.17, 15) is 0 Å². The lowest BCUT2D eigenvalue weighted by Gasteiger charge is -2.03. The molecule has 2 aromatic rings. The molecule has 4 nitrogen and oxygen atoms in total. The van der Waals surface area contributed by atoms with Gasteiger partial charge in [0.2, 0.25) is 10.7 Å². The minimum absolute atomic E-state index is 0.233. The Balaban J connectivity index is 2.64. The molecule has 1 heterocycles. The molecule has 0 unspecified atom stereocenters. The second-order valence-corrected chi connectivity index (χ2v) is 4.06. The number of rotatable bonds is 1. The second kappa shape index (κ2) is 4.08. The number of nitrogens with two attached hydrogens (primary N) is 1. The highest BCUT2D eigenvalue weighted by molar-refractivity contribution is 9.10. The summed E-state index contributed by atoms with van der Waals surface area (Å²) in [6.07, 6.45) is 0. The molecule has 15 heavy (non-hydrogen) atoms. The van der Waals surface area contributed by atoms with Gasteiger partial charge in [-0.2, -0.15) is 4.98 Å². The summed E-state index contributed by atoms with van der Waals surface area (Å²) in [6.45, 7) is 0. The molecule has 1 aromatic heterocycles. The molecule has 76 valence electrons. The van der Waals surface area contributed by atoms with Crippen LogP contribution in [0.3, 0.4) is 0 Å². The van der Waals surface area contributed by atoms with E-state index in [-0.39, 0.29) is 10.7 Å². The van der Waals surface area contributed by atoms with Crippen molar-refractivity contribution >= 4 is 34.1 Å². The molecule has 0 atom stereocenters. The topological polar surface area (TPSA) is 67.6 Å². The molecule has 0 aliphatic carbocycles. The first-order valence-corrected chi connectivity index (χ1v) is 5.35. The third-order valence-corrected chi connectivity index (χ3v) is 2.67. The number of hydrogen-bond acceptors (Lipinski definition) is 4. The number of anilines is 1. The third kappa shape index (κ3) is 2.21. The van der Waals surface area contributed by atoms with Crippen molar-refractivity contribution in [2.24, 2.45) is 0 Å². The third-order valence-electron chi connectivity index (χ3n) is 1.80. The van der Waals surface area contributed by atoms with Crippen LogP contribution in [0.1, 0.15) is 0 Å². The minimum Gasteiger partial charge on any atom is -0.369 e. The fourth-order valence-corrected chi connectivity index (χ4v) is 1.84. The van der Waals surface area contributed by atoms with Crippen LogP contribution < -0.4 is 5.73 Å². The van der Waals surface area contributed by atoms with Gasteiger partial charge in [0, 0.05) is 10.0 Å². The van der Waals surface area contributed by atoms with E-state index in [4.69, 9.17) is 18.0 Å². The zero-order valence-electron chi connectivity index (χ0n) is 7.57. The van der Waals surface area contributed by atoms with Crippen LogP contribution >= 0.6 is 28.1 Å². The summed E-state index contributed by atoms with van der Waals surface area (Å²) in [5.41, 5.74) is 6.46. The van der Waals surface area contributed by atoms with Crippen LogP contribution in [0.25, 0.3) is 11.4 Å². The molecule has 2 rings (SSSR count). The van der Waals surface area contributed by atoms with Crippen LogP contribution in [0.2, 0.25) is 0 Å². The number of halogens is 1. The highest BCUT2D eigenvalue weighted by atomic mass is 79.9. The second-order valence-electron chi connectivity index (χ2n) is 2.84. The molecular weight excluding hydrogens is 276 g/mol. The maximum atomic E-state index is 5.56. The summed E-state index contributed by atoms with van der Waals surface area (Å²) in [5, 5.41) is 0. The average molecular weight is 283 g/mol. The molecule has 0 radical (unpaired) electrons. The lowest BCUT2D eigenvalue weighted by atomic mass is 10.2. The number of hydrogen-bond donors (Lipinski definition) is 2. The highest BCUT2D eigenvalue weighted by Crippen LogP contribution is 2.24. The number of aromatic nitrogens is 3. The van der Waals surface area contributed by atoms with Crippen LogP contribution in [-0.4, -0.2) is 15.0 Å². The molecular formula is C9H7BrN4S. The Morgan fingerprint density at radius 3 is 2.67 bits per heavy atom. The molecule has 0 aliphatic heterocycles. The van der Waals surface area contributed by atoms with Gasteiger partial charge < -0.3 is 10.7 Å². The van der Waals surface area contributed by atoms with Gasteiger partial charge in [-0.15, -0.1) is 0 Å². The van der Waals surface area contributed by atoms with E-state index in [1.165, 1.54) is 0 Å². The summed E-state index contributed by atoms with van der Waals surface area (Å²) in [7, 11) is 0. The molecule has 0 saturated carbocycles. The van der Waals surface area contributed by atoms with E-state index in [1.54, 1.807) is 0 Å². The Bertz CT molecular complexity index is 552. The molecule has 0 saturated heterocycles. The largest absolute Gasteiger partial charge is 0.369 e. The van der Waals surface area contributed by atoms with Crippen molar-refractivity contribution < 1.29 is 0 Å². The highest BCUT2D eigenvalue weighted by Gasteiger charge is 2.04. The Hall–Kier alpha value is -1.27. The fraction of sp³-hybridized carbons (Fsp3) is 0. The van der Waals surface area contributed by atoms with Gasteiger partial charge >= 0.3 is 0 Å². The van der Waals surface area contributed by atoms with E-state index in [2.05, 4.69) is 30.9 Å². The molecule has 0 aliphatic rings. The predicted molar refractivity (Wildman–Crippen MR) is 64.8 cm³/mol. The van der Waals surface area contributed by atoms with Crippen molar-refractivity contribution in [3.8, 4) is 11.4 Å². The van der Waals surface area contributed by atoms with Gasteiger partial charge in [-0.1, -0.05) is 34.1 Å². The van der Waals surface area contributed by atoms with Crippen molar-refractivity contribution in [1.29, 1.82) is 0 Å². The number of aromatic amines is 1. The Labute approximate surface area is 99.7 Å². The first-order chi connectivity index (χ1) is 7.16. The predicted octanol–water partition coefficient (Wildman–Crippen LogP) is 2.55. The van der Waals surface area contributed by atoms with Crippen molar-refractivity contribution in [2.45, 2.75) is 0 Å². The zero-order chi connectivity index (χ0) is 10.8. The first kappa shape index (κ1) is 10.3. The van der Waals surface area contributed by atoms with Crippen molar-refractivity contribution in [2.75, 3.05) is 5.73 Å². The SMILES string of the molecule is Nc1nc(=S)nc(-c2ccccc2Br)[nH]1. The molecule has 0 spiro atoms. The maximum Gasteiger partial charge on any atom is 0.224 e. The normalized spacial score (nSPS) is 10.2. The summed E-state index contributed by atoms with van der Waals surface area (Å²) in [4.78, 5) is 10.8. The Morgan fingerprint density at radius 2 is 2.00 bits per heavy atom. The summed E-state index contributed by atoms with van der Waals surface area (Å²) in [5.74, 6) is 0.876. The van der Waals surface area contributed by atoms with Crippen molar-refractivity contribution in [1.82, 2.24) is 15.0 Å². The Kier molecular flexibility index (Phi) is 2.79. The lowest BCUT2D eigenvalue weighted by Crippen LogP contribution is -1.99. The molecule has 1 aromatic carbocycles. The molecule has 0 amide bonds. The van der Waals surface area contributed by atoms with Crippen molar-refractivity contribution in [3.05, 3.63) is 33.5 Å². The van der Waals surface area contributed by atoms with Gasteiger partial charge in [0.25, 0.3) is 0 Å². The van der Waals surface area contributed by atoms with E-state index in [1.807, 2.05) is 24.3 Å².